The zero-order valence-electron chi connectivity index (χ0n) is 11.4. The summed E-state index contributed by atoms with van der Waals surface area (Å²) < 4.78 is 52.1. The average molecular weight is 338 g/mol. The number of amides is 1. The maximum atomic E-state index is 13.8. The molecule has 1 unspecified atom stereocenters. The second-order valence-electron chi connectivity index (χ2n) is 4.07. The van der Waals surface area contributed by atoms with Crippen molar-refractivity contribution in [2.75, 3.05) is 25.7 Å². The molecule has 1 rings (SSSR count). The van der Waals surface area contributed by atoms with Crippen molar-refractivity contribution in [1.82, 2.24) is 5.32 Å². The van der Waals surface area contributed by atoms with Crippen LogP contribution in [0.5, 0.6) is 5.75 Å². The molecule has 0 aliphatic heterocycles. The Morgan fingerprint density at radius 2 is 2.10 bits per heavy atom. The first-order valence-electron chi connectivity index (χ1n) is 5.65. The molecule has 0 aromatic heterocycles. The third-order valence-corrected chi connectivity index (χ3v) is 4.15. The van der Waals surface area contributed by atoms with Gasteiger partial charge in [-0.3, -0.25) is 9.00 Å². The Balaban J connectivity index is 3.13. The van der Waals surface area contributed by atoms with Gasteiger partial charge in [-0.05, 0) is 12.1 Å². The molecule has 0 bridgehead atoms. The summed E-state index contributed by atoms with van der Waals surface area (Å²) in [6.07, 6.45) is 1.47. The lowest BCUT2D eigenvalue weighted by molar-refractivity contribution is 0.0955. The molecule has 3 N–H and O–H groups in total. The van der Waals surface area contributed by atoms with Gasteiger partial charge in [0.15, 0.2) is 11.6 Å². The molecule has 1 aromatic carbocycles. The molecule has 10 heteroatoms. The van der Waals surface area contributed by atoms with Crippen LogP contribution in [0.3, 0.4) is 0 Å². The molecule has 21 heavy (non-hydrogen) atoms. The molecule has 118 valence electrons. The molecule has 0 spiro atoms. The van der Waals surface area contributed by atoms with Gasteiger partial charge in [-0.15, -0.1) is 0 Å². The molecule has 0 aliphatic carbocycles. The van der Waals surface area contributed by atoms with E-state index in [1.165, 1.54) is 6.26 Å². The molecule has 1 amide bonds. The van der Waals surface area contributed by atoms with Crippen molar-refractivity contribution in [2.45, 2.75) is 4.90 Å². The summed E-state index contributed by atoms with van der Waals surface area (Å²) in [4.78, 5) is 11.2. The zero-order chi connectivity index (χ0) is 16.2. The fourth-order valence-corrected chi connectivity index (χ4v) is 2.64. The first kappa shape index (κ1) is 17.5. The first-order chi connectivity index (χ1) is 9.66. The highest BCUT2D eigenvalue weighted by Gasteiger charge is 2.22. The normalized spacial score (nSPS) is 12.8. The SMILES string of the molecule is COc1c(F)cc(C(=O)NCCS(C)=O)cc1S(N)(=O)=O. The second kappa shape index (κ2) is 6.96. The van der Waals surface area contributed by atoms with Gasteiger partial charge in [-0.25, -0.2) is 17.9 Å². The van der Waals surface area contributed by atoms with Gasteiger partial charge in [0.25, 0.3) is 5.91 Å². The number of rotatable bonds is 6. The zero-order valence-corrected chi connectivity index (χ0v) is 13.0. The Kier molecular flexibility index (Phi) is 5.81. The van der Waals surface area contributed by atoms with Crippen LogP contribution in [0.4, 0.5) is 4.39 Å². The van der Waals surface area contributed by atoms with Gasteiger partial charge < -0.3 is 10.1 Å². The Labute approximate surface area is 124 Å². The van der Waals surface area contributed by atoms with Crippen LogP contribution in [0, 0.1) is 5.82 Å². The van der Waals surface area contributed by atoms with E-state index in [0.717, 1.165) is 19.2 Å². The van der Waals surface area contributed by atoms with Crippen LogP contribution in [0.2, 0.25) is 0 Å². The lowest BCUT2D eigenvalue weighted by atomic mass is 10.2. The van der Waals surface area contributed by atoms with Crippen LogP contribution in [0.1, 0.15) is 10.4 Å². The minimum absolute atomic E-state index is 0.111. The molecule has 0 fully saturated rings. The largest absolute Gasteiger partial charge is 0.492 e. The number of methoxy groups -OCH3 is 1. The Hall–Kier alpha value is -1.52. The van der Waals surface area contributed by atoms with E-state index in [-0.39, 0.29) is 17.9 Å². The molecule has 1 aromatic rings. The predicted octanol–water partition coefficient (Wildman–Crippen LogP) is -0.410. The number of hydrogen-bond acceptors (Lipinski definition) is 5. The fourth-order valence-electron chi connectivity index (χ4n) is 1.52. The molecule has 0 radical (unpaired) electrons. The number of halogens is 1. The second-order valence-corrected chi connectivity index (χ2v) is 7.15. The molecule has 0 heterocycles. The molecule has 1 atom stereocenters. The lowest BCUT2D eigenvalue weighted by Gasteiger charge is -2.10. The maximum Gasteiger partial charge on any atom is 0.251 e. The van der Waals surface area contributed by atoms with Crippen molar-refractivity contribution in [2.24, 2.45) is 5.14 Å². The molecule has 0 saturated carbocycles. The Bertz CT molecular complexity index is 675. The van der Waals surface area contributed by atoms with Crippen molar-refractivity contribution in [1.29, 1.82) is 0 Å². The standard InChI is InChI=1S/C11H15FN2O5S2/c1-19-10-8(12)5-7(6-9(10)21(13,17)18)11(15)14-3-4-20(2)16/h5-6H,3-4H2,1-2H3,(H,14,15)(H2,13,17,18). The highest BCUT2D eigenvalue weighted by atomic mass is 32.2. The van der Waals surface area contributed by atoms with Gasteiger partial charge in [0, 0.05) is 34.9 Å². The number of sulfonamides is 1. The van der Waals surface area contributed by atoms with Gasteiger partial charge in [0.1, 0.15) is 4.90 Å². The van der Waals surface area contributed by atoms with Crippen LogP contribution in [-0.4, -0.2) is 44.2 Å². The number of ether oxygens (including phenoxy) is 1. The fraction of sp³-hybridized carbons (Fsp3) is 0.364. The van der Waals surface area contributed by atoms with Crippen molar-refractivity contribution in [3.63, 3.8) is 0 Å². The molecule has 0 aliphatic rings. The average Bonchev–Trinajstić information content (AvgIpc) is 2.36. The summed E-state index contributed by atoms with van der Waals surface area (Å²) in [5.41, 5.74) is -0.223. The Morgan fingerprint density at radius 1 is 1.48 bits per heavy atom. The van der Waals surface area contributed by atoms with Crippen molar-refractivity contribution in [3.05, 3.63) is 23.5 Å². The minimum Gasteiger partial charge on any atom is -0.492 e. The Morgan fingerprint density at radius 3 is 2.57 bits per heavy atom. The van der Waals surface area contributed by atoms with Gasteiger partial charge in [0.2, 0.25) is 10.0 Å². The summed E-state index contributed by atoms with van der Waals surface area (Å²) >= 11 is 0. The van der Waals surface area contributed by atoms with Crippen molar-refractivity contribution >= 4 is 26.7 Å². The number of primary sulfonamides is 1. The summed E-state index contributed by atoms with van der Waals surface area (Å²) in [5, 5.41) is 7.36. The lowest BCUT2D eigenvalue weighted by Crippen LogP contribution is -2.28. The molecule has 0 saturated heterocycles. The highest BCUT2D eigenvalue weighted by Crippen LogP contribution is 2.27. The first-order valence-corrected chi connectivity index (χ1v) is 8.92. The number of benzene rings is 1. The number of hydrogen-bond donors (Lipinski definition) is 2. The van der Waals surface area contributed by atoms with Gasteiger partial charge in [-0.2, -0.15) is 0 Å². The summed E-state index contributed by atoms with van der Waals surface area (Å²) in [7, 11) is -4.26. The van der Waals surface area contributed by atoms with Crippen molar-refractivity contribution in [3.8, 4) is 5.75 Å². The maximum absolute atomic E-state index is 13.8. The van der Waals surface area contributed by atoms with E-state index in [2.05, 4.69) is 10.1 Å². The minimum atomic E-state index is -4.25. The van der Waals surface area contributed by atoms with Gasteiger partial charge in [-0.1, -0.05) is 0 Å². The monoisotopic (exact) mass is 338 g/mol. The summed E-state index contributed by atoms with van der Waals surface area (Å²) in [6, 6.07) is 1.77. The number of nitrogens with one attached hydrogen (secondary N) is 1. The molecular formula is C11H15FN2O5S2. The van der Waals surface area contributed by atoms with E-state index in [1.807, 2.05) is 0 Å². The van der Waals surface area contributed by atoms with Crippen LogP contribution in [-0.2, 0) is 20.8 Å². The van der Waals surface area contributed by atoms with E-state index in [0.29, 0.717) is 0 Å². The van der Waals surface area contributed by atoms with E-state index in [9.17, 15) is 21.8 Å². The van der Waals surface area contributed by atoms with E-state index in [4.69, 9.17) is 5.14 Å². The summed E-state index contributed by atoms with van der Waals surface area (Å²) in [6.45, 7) is 0.111. The third-order valence-electron chi connectivity index (χ3n) is 2.46. The molecular weight excluding hydrogens is 323 g/mol. The van der Waals surface area contributed by atoms with Gasteiger partial charge in [0.05, 0.1) is 7.11 Å². The van der Waals surface area contributed by atoms with E-state index >= 15 is 0 Å². The van der Waals surface area contributed by atoms with Crippen LogP contribution in [0.15, 0.2) is 17.0 Å². The predicted molar refractivity (Wildman–Crippen MR) is 75.6 cm³/mol. The number of carbonyl (C=O) groups excluding carboxylic acids is 1. The molecule has 7 nitrogen and oxygen atoms in total. The van der Waals surface area contributed by atoms with Crippen LogP contribution >= 0.6 is 0 Å². The van der Waals surface area contributed by atoms with Crippen LogP contribution in [0.25, 0.3) is 0 Å². The van der Waals surface area contributed by atoms with Crippen molar-refractivity contribution < 1.29 is 26.5 Å². The number of carbonyl (C=O) groups is 1. The van der Waals surface area contributed by atoms with E-state index < -0.39 is 43.2 Å². The third kappa shape index (κ3) is 4.76. The quantitative estimate of drug-likeness (QED) is 0.731. The summed E-state index contributed by atoms with van der Waals surface area (Å²) in [5.74, 6) is -2.05. The number of nitrogens with two attached hydrogens (primary N) is 1. The highest BCUT2D eigenvalue weighted by molar-refractivity contribution is 7.89. The smallest absolute Gasteiger partial charge is 0.251 e. The topological polar surface area (TPSA) is 116 Å². The van der Waals surface area contributed by atoms with E-state index in [1.54, 1.807) is 0 Å². The van der Waals surface area contributed by atoms with Gasteiger partial charge >= 0.3 is 0 Å². The van der Waals surface area contributed by atoms with Crippen LogP contribution < -0.4 is 15.2 Å².